The maximum atomic E-state index is 13.0. The highest BCUT2D eigenvalue weighted by atomic mass is 32.2. The van der Waals surface area contributed by atoms with Gasteiger partial charge in [0.1, 0.15) is 0 Å². The van der Waals surface area contributed by atoms with Crippen molar-refractivity contribution in [3.8, 4) is 11.6 Å². The number of alkyl halides is 3. The smallest absolute Gasteiger partial charge is 0.358 e. The van der Waals surface area contributed by atoms with Crippen LogP contribution in [0.25, 0.3) is 11.8 Å². The summed E-state index contributed by atoms with van der Waals surface area (Å²) in [6.07, 6.45) is -3.47. The molecule has 0 aliphatic carbocycles. The highest BCUT2D eigenvalue weighted by molar-refractivity contribution is 7.90. The Balaban J connectivity index is 1.96. The summed E-state index contributed by atoms with van der Waals surface area (Å²) in [5.74, 6) is -0.564. The number of benzene rings is 2. The van der Waals surface area contributed by atoms with Crippen molar-refractivity contribution in [2.75, 3.05) is 0 Å². The molecule has 0 bridgehead atoms. The van der Waals surface area contributed by atoms with E-state index in [0.29, 0.717) is 11.6 Å². The molecule has 0 aliphatic heterocycles. The van der Waals surface area contributed by atoms with Gasteiger partial charge in [-0.2, -0.15) is 31.4 Å². The Morgan fingerprint density at radius 2 is 1.56 bits per heavy atom. The van der Waals surface area contributed by atoms with Crippen LogP contribution in [0, 0.1) is 0 Å². The number of hydrogen-bond acceptors (Lipinski definition) is 4. The lowest BCUT2D eigenvalue weighted by Gasteiger charge is -2.07. The van der Waals surface area contributed by atoms with Crippen molar-refractivity contribution in [2.24, 2.45) is 0 Å². The number of rotatable bonds is 5. The molecule has 0 N–H and O–H groups in total. The van der Waals surface area contributed by atoms with Gasteiger partial charge in [0.25, 0.3) is 0 Å². The Kier molecular flexibility index (Phi) is 5.04. The summed E-state index contributed by atoms with van der Waals surface area (Å²) in [6, 6.07) is 16.9. The molecule has 3 rings (SSSR count). The average molecular weight is 394 g/mol. The summed E-state index contributed by atoms with van der Waals surface area (Å²) in [7, 11) is -4.30. The Labute approximate surface area is 153 Å². The van der Waals surface area contributed by atoms with Crippen molar-refractivity contribution in [3.63, 3.8) is 0 Å². The molecule has 5 nitrogen and oxygen atoms in total. The third kappa shape index (κ3) is 4.76. The molecule has 2 aromatic carbocycles. The third-order valence-corrected chi connectivity index (χ3v) is 4.27. The van der Waals surface area contributed by atoms with E-state index in [1.165, 1.54) is 18.2 Å². The standard InChI is InChI=1S/C18H13F3N2O3S/c19-18(20,21)16-13-17(23(22-16)15-9-5-2-6-10-15)26-27(24,25)12-11-14-7-3-1-4-8-14/h1-13H/b12-11+. The second-order valence-corrected chi connectivity index (χ2v) is 6.83. The summed E-state index contributed by atoms with van der Waals surface area (Å²) < 4.78 is 69.0. The van der Waals surface area contributed by atoms with Crippen LogP contribution < -0.4 is 4.18 Å². The van der Waals surface area contributed by atoms with Crippen molar-refractivity contribution >= 4 is 16.2 Å². The van der Waals surface area contributed by atoms with Crippen molar-refractivity contribution in [1.82, 2.24) is 9.78 Å². The quantitative estimate of drug-likeness (QED) is 0.607. The normalized spacial score (nSPS) is 12.4. The average Bonchev–Trinajstić information content (AvgIpc) is 3.05. The molecule has 0 fully saturated rings. The number of hydrogen-bond donors (Lipinski definition) is 0. The van der Waals surface area contributed by atoms with Gasteiger partial charge in [-0.1, -0.05) is 48.5 Å². The van der Waals surface area contributed by atoms with Crippen molar-refractivity contribution < 1.29 is 25.8 Å². The van der Waals surface area contributed by atoms with E-state index in [2.05, 4.69) is 5.10 Å². The lowest BCUT2D eigenvalue weighted by molar-refractivity contribution is -0.141. The van der Waals surface area contributed by atoms with E-state index in [0.717, 1.165) is 10.1 Å². The van der Waals surface area contributed by atoms with Crippen LogP contribution in [0.2, 0.25) is 0 Å². The predicted octanol–water partition coefficient (Wildman–Crippen LogP) is 4.27. The number of para-hydroxylation sites is 1. The van der Waals surface area contributed by atoms with Crippen LogP contribution in [0.3, 0.4) is 0 Å². The molecule has 9 heteroatoms. The van der Waals surface area contributed by atoms with Gasteiger partial charge < -0.3 is 4.18 Å². The van der Waals surface area contributed by atoms with Crippen LogP contribution in [0.5, 0.6) is 5.88 Å². The Morgan fingerprint density at radius 1 is 0.963 bits per heavy atom. The van der Waals surface area contributed by atoms with E-state index in [1.807, 2.05) is 0 Å². The number of nitrogens with zero attached hydrogens (tertiary/aromatic N) is 2. The van der Waals surface area contributed by atoms with Gasteiger partial charge in [-0.3, -0.25) is 0 Å². The fourth-order valence-corrected chi connectivity index (χ4v) is 2.92. The maximum Gasteiger partial charge on any atom is 0.435 e. The van der Waals surface area contributed by atoms with Gasteiger partial charge in [-0.05, 0) is 23.8 Å². The Hall–Kier alpha value is -3.07. The molecule has 1 aromatic heterocycles. The monoisotopic (exact) mass is 394 g/mol. The van der Waals surface area contributed by atoms with Gasteiger partial charge in [0.05, 0.1) is 11.1 Å². The van der Waals surface area contributed by atoms with E-state index in [4.69, 9.17) is 4.18 Å². The molecule has 0 unspecified atom stereocenters. The summed E-state index contributed by atoms with van der Waals surface area (Å²) in [4.78, 5) is 0. The van der Waals surface area contributed by atoms with E-state index in [1.54, 1.807) is 48.5 Å². The fraction of sp³-hybridized carbons (Fsp3) is 0.0556. The lowest BCUT2D eigenvalue weighted by Crippen LogP contribution is -2.10. The van der Waals surface area contributed by atoms with Gasteiger partial charge in [-0.25, -0.2) is 0 Å². The van der Waals surface area contributed by atoms with Crippen LogP contribution in [0.15, 0.2) is 72.1 Å². The molecule has 140 valence electrons. The van der Waals surface area contributed by atoms with Gasteiger partial charge in [0.15, 0.2) is 5.69 Å². The SMILES string of the molecule is O=S(=O)(/C=C/c1ccccc1)Oc1cc(C(F)(F)F)nn1-c1ccccc1. The van der Waals surface area contributed by atoms with Crippen molar-refractivity contribution in [1.29, 1.82) is 0 Å². The van der Waals surface area contributed by atoms with Crippen molar-refractivity contribution in [2.45, 2.75) is 6.18 Å². The first-order valence-corrected chi connectivity index (χ1v) is 9.12. The first-order chi connectivity index (χ1) is 12.7. The zero-order valence-corrected chi connectivity index (χ0v) is 14.5. The molecule has 0 radical (unpaired) electrons. The molecule has 0 aliphatic rings. The van der Waals surface area contributed by atoms with E-state index >= 15 is 0 Å². The second kappa shape index (κ2) is 7.28. The summed E-state index contributed by atoms with van der Waals surface area (Å²) >= 11 is 0. The van der Waals surface area contributed by atoms with Gasteiger partial charge >= 0.3 is 16.3 Å². The van der Waals surface area contributed by atoms with Gasteiger partial charge in [0.2, 0.25) is 5.88 Å². The van der Waals surface area contributed by atoms with Crippen LogP contribution in [0.4, 0.5) is 13.2 Å². The minimum Gasteiger partial charge on any atom is -0.358 e. The van der Waals surface area contributed by atoms with Gasteiger partial charge in [-0.15, -0.1) is 0 Å². The molecular weight excluding hydrogens is 381 g/mol. The van der Waals surface area contributed by atoms with Crippen molar-refractivity contribution in [3.05, 3.63) is 83.4 Å². The largest absolute Gasteiger partial charge is 0.435 e. The number of halogens is 3. The van der Waals surface area contributed by atoms with E-state index in [-0.39, 0.29) is 5.69 Å². The van der Waals surface area contributed by atoms with E-state index in [9.17, 15) is 21.6 Å². The molecule has 0 saturated carbocycles. The highest BCUT2D eigenvalue weighted by Gasteiger charge is 2.36. The Morgan fingerprint density at radius 3 is 2.15 bits per heavy atom. The minimum absolute atomic E-state index is 0.227. The molecule has 27 heavy (non-hydrogen) atoms. The lowest BCUT2D eigenvalue weighted by atomic mass is 10.2. The molecule has 0 amide bonds. The fourth-order valence-electron chi connectivity index (χ4n) is 2.19. The topological polar surface area (TPSA) is 61.2 Å². The molecule has 0 spiro atoms. The molecule has 0 saturated heterocycles. The third-order valence-electron chi connectivity index (χ3n) is 3.40. The summed E-state index contributed by atoms with van der Waals surface area (Å²) in [5, 5.41) is 4.21. The highest BCUT2D eigenvalue weighted by Crippen LogP contribution is 2.32. The van der Waals surface area contributed by atoms with Crippen LogP contribution in [0.1, 0.15) is 11.3 Å². The number of aromatic nitrogens is 2. The zero-order chi connectivity index (χ0) is 19.5. The maximum absolute atomic E-state index is 13.0. The predicted molar refractivity (Wildman–Crippen MR) is 93.6 cm³/mol. The second-order valence-electron chi connectivity index (χ2n) is 5.40. The van der Waals surface area contributed by atoms with Crippen LogP contribution in [-0.2, 0) is 16.3 Å². The zero-order valence-electron chi connectivity index (χ0n) is 13.7. The minimum atomic E-state index is -4.75. The Bertz CT molecular complexity index is 1040. The summed E-state index contributed by atoms with van der Waals surface area (Å²) in [5.41, 5.74) is -0.439. The van der Waals surface area contributed by atoms with Crippen LogP contribution >= 0.6 is 0 Å². The van der Waals surface area contributed by atoms with E-state index < -0.39 is 27.9 Å². The molecule has 1 heterocycles. The molecular formula is C18H13F3N2O3S. The summed E-state index contributed by atoms with van der Waals surface area (Å²) in [6.45, 7) is 0. The van der Waals surface area contributed by atoms with Crippen LogP contribution in [-0.4, -0.2) is 18.2 Å². The molecule has 3 aromatic rings. The van der Waals surface area contributed by atoms with Gasteiger partial charge in [0, 0.05) is 6.07 Å². The first kappa shape index (κ1) is 18.7. The first-order valence-electron chi connectivity index (χ1n) is 7.65. The molecule has 0 atom stereocenters.